The average molecular weight is 265 g/mol. The smallest absolute Gasteiger partial charge is 0.239 e. The van der Waals surface area contributed by atoms with Gasteiger partial charge < -0.3 is 20.1 Å². The molecule has 1 aliphatic rings. The van der Waals surface area contributed by atoms with E-state index < -0.39 is 0 Å². The van der Waals surface area contributed by atoms with Crippen molar-refractivity contribution >= 4 is 11.5 Å². The molecule has 1 fully saturated rings. The Hall–Kier alpha value is -1.49. The highest BCUT2D eigenvalue weighted by Crippen LogP contribution is 2.26. The number of nitrogen functional groups attached to an aromatic ring is 1. The van der Waals surface area contributed by atoms with Gasteiger partial charge in [-0.05, 0) is 39.8 Å². The summed E-state index contributed by atoms with van der Waals surface area (Å²) < 4.78 is 11.3. The number of nitrogens with two attached hydrogens (primary N) is 1. The molecule has 5 nitrogen and oxygen atoms in total. The molecule has 106 valence electrons. The fourth-order valence-corrected chi connectivity index (χ4v) is 2.14. The molecule has 0 radical (unpaired) electrons. The summed E-state index contributed by atoms with van der Waals surface area (Å²) in [5, 5.41) is 0. The van der Waals surface area contributed by atoms with E-state index in [0.717, 1.165) is 12.4 Å². The topological polar surface area (TPSA) is 60.6 Å². The van der Waals surface area contributed by atoms with Crippen molar-refractivity contribution in [1.82, 2.24) is 4.98 Å². The van der Waals surface area contributed by atoms with Gasteiger partial charge in [-0.3, -0.25) is 0 Å². The van der Waals surface area contributed by atoms with E-state index in [9.17, 15) is 0 Å². The van der Waals surface area contributed by atoms with E-state index in [1.54, 1.807) is 0 Å². The second kappa shape index (κ2) is 5.65. The molecule has 5 heteroatoms. The monoisotopic (exact) mass is 265 g/mol. The Morgan fingerprint density at radius 2 is 2.16 bits per heavy atom. The minimum absolute atomic E-state index is 0.0612. The minimum Gasteiger partial charge on any atom is -0.473 e. The molecule has 0 saturated carbocycles. The summed E-state index contributed by atoms with van der Waals surface area (Å²) in [6.45, 7) is 9.68. The predicted molar refractivity (Wildman–Crippen MR) is 76.6 cm³/mol. The number of hydrogen-bond donors (Lipinski definition) is 1. The first-order chi connectivity index (χ1) is 8.97. The summed E-state index contributed by atoms with van der Waals surface area (Å²) >= 11 is 0. The largest absolute Gasteiger partial charge is 0.473 e. The molecule has 1 aromatic rings. The number of anilines is 2. The molecule has 2 atom stereocenters. The van der Waals surface area contributed by atoms with Crippen LogP contribution in [0.1, 0.15) is 27.7 Å². The summed E-state index contributed by atoms with van der Waals surface area (Å²) in [6.07, 6.45) is 0.274. The first-order valence-electron chi connectivity index (χ1n) is 6.78. The minimum atomic E-state index is 0.0612. The molecule has 0 aliphatic carbocycles. The number of aromatic nitrogens is 1. The van der Waals surface area contributed by atoms with Gasteiger partial charge in [0.1, 0.15) is 5.82 Å². The van der Waals surface area contributed by atoms with Gasteiger partial charge >= 0.3 is 0 Å². The molecule has 1 saturated heterocycles. The van der Waals surface area contributed by atoms with Crippen LogP contribution < -0.4 is 15.4 Å². The van der Waals surface area contributed by atoms with Crippen LogP contribution >= 0.6 is 0 Å². The van der Waals surface area contributed by atoms with Crippen molar-refractivity contribution in [3.05, 3.63) is 12.1 Å². The zero-order chi connectivity index (χ0) is 14.0. The lowest BCUT2D eigenvalue weighted by Crippen LogP contribution is -2.47. The maximum absolute atomic E-state index is 5.90. The van der Waals surface area contributed by atoms with Gasteiger partial charge in [-0.25, -0.2) is 0 Å². The van der Waals surface area contributed by atoms with E-state index in [2.05, 4.69) is 23.7 Å². The molecule has 2 N–H and O–H groups in total. The van der Waals surface area contributed by atoms with Crippen LogP contribution in [0.2, 0.25) is 0 Å². The SMILES string of the molecule is CC(C)Oc1nc(N2CC(C)OCC2C)ccc1N. The fourth-order valence-electron chi connectivity index (χ4n) is 2.14. The lowest BCUT2D eigenvalue weighted by molar-refractivity contribution is 0.0340. The Kier molecular flexibility index (Phi) is 4.14. The number of rotatable bonds is 3. The summed E-state index contributed by atoms with van der Waals surface area (Å²) in [4.78, 5) is 6.78. The van der Waals surface area contributed by atoms with E-state index >= 15 is 0 Å². The van der Waals surface area contributed by atoms with E-state index in [1.807, 2.05) is 26.0 Å². The summed E-state index contributed by atoms with van der Waals surface area (Å²) in [5.74, 6) is 1.41. The Morgan fingerprint density at radius 3 is 2.84 bits per heavy atom. The third-order valence-electron chi connectivity index (χ3n) is 3.12. The first-order valence-corrected chi connectivity index (χ1v) is 6.78. The fraction of sp³-hybridized carbons (Fsp3) is 0.643. The normalized spacial score (nSPS) is 23.7. The van der Waals surface area contributed by atoms with E-state index in [-0.39, 0.29) is 12.2 Å². The van der Waals surface area contributed by atoms with Crippen LogP contribution in [-0.4, -0.2) is 36.4 Å². The van der Waals surface area contributed by atoms with Crippen LogP contribution in [0.5, 0.6) is 5.88 Å². The number of ether oxygens (including phenoxy) is 2. The van der Waals surface area contributed by atoms with Crippen LogP contribution in [0.4, 0.5) is 11.5 Å². The first kappa shape index (κ1) is 13.9. The maximum atomic E-state index is 5.90. The van der Waals surface area contributed by atoms with Gasteiger partial charge in [-0.2, -0.15) is 4.98 Å². The lowest BCUT2D eigenvalue weighted by Gasteiger charge is -2.37. The van der Waals surface area contributed by atoms with Gasteiger partial charge in [0.05, 0.1) is 30.5 Å². The highest BCUT2D eigenvalue weighted by molar-refractivity contribution is 5.55. The van der Waals surface area contributed by atoms with Gasteiger partial charge in [0.2, 0.25) is 5.88 Å². The van der Waals surface area contributed by atoms with E-state index in [4.69, 9.17) is 15.2 Å². The van der Waals surface area contributed by atoms with E-state index in [1.165, 1.54) is 0 Å². The lowest BCUT2D eigenvalue weighted by atomic mass is 10.2. The average Bonchev–Trinajstić information content (AvgIpc) is 2.34. The standard InChI is InChI=1S/C14H23N3O2/c1-9(2)19-14-12(15)5-6-13(16-14)17-7-11(4)18-8-10(17)3/h5-6,9-11H,7-8,15H2,1-4H3. The van der Waals surface area contributed by atoms with Crippen molar-refractivity contribution in [3.8, 4) is 5.88 Å². The molecule has 1 aliphatic heterocycles. The number of pyridine rings is 1. The summed E-state index contributed by atoms with van der Waals surface area (Å²) in [7, 11) is 0. The Balaban J connectivity index is 2.24. The second-order valence-electron chi connectivity index (χ2n) is 5.38. The van der Waals surface area contributed by atoms with Crippen molar-refractivity contribution in [2.24, 2.45) is 0 Å². The van der Waals surface area contributed by atoms with Gasteiger partial charge in [-0.1, -0.05) is 0 Å². The molecular weight excluding hydrogens is 242 g/mol. The van der Waals surface area contributed by atoms with Gasteiger partial charge in [0.25, 0.3) is 0 Å². The molecule has 0 amide bonds. The molecule has 2 unspecified atom stereocenters. The van der Waals surface area contributed by atoms with Crippen LogP contribution in [0.15, 0.2) is 12.1 Å². The Labute approximate surface area is 114 Å². The van der Waals surface area contributed by atoms with Gasteiger partial charge in [-0.15, -0.1) is 0 Å². The number of hydrogen-bond acceptors (Lipinski definition) is 5. The molecule has 19 heavy (non-hydrogen) atoms. The highest BCUT2D eigenvalue weighted by atomic mass is 16.5. The zero-order valence-electron chi connectivity index (χ0n) is 12.1. The quantitative estimate of drug-likeness (QED) is 0.906. The molecule has 1 aromatic heterocycles. The van der Waals surface area contributed by atoms with Crippen molar-refractivity contribution in [2.75, 3.05) is 23.8 Å². The van der Waals surface area contributed by atoms with Crippen molar-refractivity contribution < 1.29 is 9.47 Å². The zero-order valence-corrected chi connectivity index (χ0v) is 12.1. The van der Waals surface area contributed by atoms with Crippen molar-refractivity contribution in [3.63, 3.8) is 0 Å². The maximum Gasteiger partial charge on any atom is 0.239 e. The third-order valence-corrected chi connectivity index (χ3v) is 3.12. The summed E-state index contributed by atoms with van der Waals surface area (Å²) in [5.41, 5.74) is 6.47. The number of morpholine rings is 1. The van der Waals surface area contributed by atoms with Crippen LogP contribution in [0.3, 0.4) is 0 Å². The highest BCUT2D eigenvalue weighted by Gasteiger charge is 2.25. The van der Waals surface area contributed by atoms with Crippen LogP contribution in [0, 0.1) is 0 Å². The molecule has 0 bridgehead atoms. The molecule has 0 spiro atoms. The van der Waals surface area contributed by atoms with Gasteiger partial charge in [0, 0.05) is 6.54 Å². The third kappa shape index (κ3) is 3.29. The number of nitrogens with zero attached hydrogens (tertiary/aromatic N) is 2. The molecule has 2 rings (SSSR count). The van der Waals surface area contributed by atoms with Crippen LogP contribution in [-0.2, 0) is 4.74 Å². The molecule has 0 aromatic carbocycles. The molecule has 2 heterocycles. The van der Waals surface area contributed by atoms with Crippen molar-refractivity contribution in [1.29, 1.82) is 0 Å². The van der Waals surface area contributed by atoms with Crippen molar-refractivity contribution in [2.45, 2.75) is 45.9 Å². The van der Waals surface area contributed by atoms with Crippen LogP contribution in [0.25, 0.3) is 0 Å². The predicted octanol–water partition coefficient (Wildman–Crippen LogP) is 2.06. The molecular formula is C14H23N3O2. The summed E-state index contributed by atoms with van der Waals surface area (Å²) in [6, 6.07) is 4.10. The van der Waals surface area contributed by atoms with Gasteiger partial charge in [0.15, 0.2) is 0 Å². The van der Waals surface area contributed by atoms with E-state index in [0.29, 0.717) is 24.2 Å². The second-order valence-corrected chi connectivity index (χ2v) is 5.38. The Bertz CT molecular complexity index is 437. The Morgan fingerprint density at radius 1 is 1.42 bits per heavy atom.